The molecule has 3 N–H and O–H groups in total. The molecule has 0 unspecified atom stereocenters. The van der Waals surface area contributed by atoms with Gasteiger partial charge in [0, 0.05) is 43.0 Å². The van der Waals surface area contributed by atoms with Crippen LogP contribution in [0.5, 0.6) is 0 Å². The smallest absolute Gasteiger partial charge is 0.414 e. The third-order valence-electron chi connectivity index (χ3n) is 5.56. The van der Waals surface area contributed by atoms with Crippen LogP contribution >= 0.6 is 0 Å². The first-order valence-corrected chi connectivity index (χ1v) is 11.5. The van der Waals surface area contributed by atoms with Crippen LogP contribution in [-0.4, -0.2) is 48.8 Å². The molecule has 0 aliphatic carbocycles. The van der Waals surface area contributed by atoms with Gasteiger partial charge >= 0.3 is 12.1 Å². The number of hydrogen-bond acceptors (Lipinski definition) is 5. The molecule has 1 atom stereocenters. The zero-order valence-electron chi connectivity index (χ0n) is 19.7. The Morgan fingerprint density at radius 1 is 1.11 bits per heavy atom. The minimum Gasteiger partial charge on any atom is -0.442 e. The molecule has 3 aromatic rings. The molecule has 0 radical (unpaired) electrons. The molecule has 1 aliphatic rings. The number of urea groups is 1. The number of hydrogen-bond donors (Lipinski definition) is 3. The van der Waals surface area contributed by atoms with Crippen LogP contribution in [0.4, 0.5) is 25.4 Å². The van der Waals surface area contributed by atoms with E-state index in [4.69, 9.17) is 4.74 Å². The van der Waals surface area contributed by atoms with Crippen molar-refractivity contribution in [3.8, 4) is 11.1 Å². The van der Waals surface area contributed by atoms with E-state index < -0.39 is 18.0 Å². The Kier molecular flexibility index (Phi) is 7.74. The van der Waals surface area contributed by atoms with Crippen LogP contribution in [-0.2, 0) is 16.0 Å². The van der Waals surface area contributed by atoms with E-state index in [1.54, 1.807) is 42.6 Å². The van der Waals surface area contributed by atoms with E-state index in [0.717, 1.165) is 5.69 Å². The summed E-state index contributed by atoms with van der Waals surface area (Å²) in [5.74, 6) is -0.721. The number of anilines is 2. The maximum absolute atomic E-state index is 14.9. The number of carbonyl (C=O) groups is 3. The van der Waals surface area contributed by atoms with Crippen molar-refractivity contribution in [2.45, 2.75) is 19.4 Å². The fourth-order valence-electron chi connectivity index (χ4n) is 3.76. The Balaban J connectivity index is 1.33. The molecule has 4 amide bonds. The molecule has 1 aliphatic heterocycles. The lowest BCUT2D eigenvalue weighted by molar-refractivity contribution is -0.119. The van der Waals surface area contributed by atoms with Crippen molar-refractivity contribution in [1.29, 1.82) is 0 Å². The summed E-state index contributed by atoms with van der Waals surface area (Å²) in [5, 5.41) is 8.13. The molecule has 1 fully saturated rings. The standard InChI is InChI=1S/C26H26FN5O4/c1-17(33)30-15-22-16-32(26(35)36-22)21-9-10-23(24(27)14-21)18-5-7-20(8-6-18)31-25(34)29-13-11-19-4-2-3-12-28-19/h2-10,12,14,22H,11,13,15-16H2,1H3,(H,30,33)(H2,29,31,34)/t22-/m0/s1. The third kappa shape index (κ3) is 6.35. The van der Waals surface area contributed by atoms with Crippen molar-refractivity contribution < 1.29 is 23.5 Å². The summed E-state index contributed by atoms with van der Waals surface area (Å²) in [5.41, 5.74) is 2.80. The highest BCUT2D eigenvalue weighted by Gasteiger charge is 2.32. The molecule has 2 aromatic carbocycles. The second-order valence-electron chi connectivity index (χ2n) is 8.25. The molecule has 186 valence electrons. The Labute approximate surface area is 207 Å². The number of amides is 4. The lowest BCUT2D eigenvalue weighted by Gasteiger charge is -2.15. The number of rotatable bonds is 8. The summed E-state index contributed by atoms with van der Waals surface area (Å²) < 4.78 is 20.2. The van der Waals surface area contributed by atoms with Gasteiger partial charge in [-0.2, -0.15) is 0 Å². The van der Waals surface area contributed by atoms with Crippen LogP contribution in [0.15, 0.2) is 66.9 Å². The maximum Gasteiger partial charge on any atom is 0.414 e. The second kappa shape index (κ2) is 11.3. The van der Waals surface area contributed by atoms with E-state index in [2.05, 4.69) is 20.9 Å². The molecule has 36 heavy (non-hydrogen) atoms. The number of halogens is 1. The normalized spacial score (nSPS) is 14.8. The number of benzene rings is 2. The van der Waals surface area contributed by atoms with Gasteiger partial charge in [-0.3, -0.25) is 14.7 Å². The van der Waals surface area contributed by atoms with Crippen LogP contribution in [0.2, 0.25) is 0 Å². The highest BCUT2D eigenvalue weighted by molar-refractivity contribution is 5.91. The van der Waals surface area contributed by atoms with E-state index in [1.165, 1.54) is 17.9 Å². The predicted octanol–water partition coefficient (Wildman–Crippen LogP) is 3.71. The molecule has 9 nitrogen and oxygen atoms in total. The topological polar surface area (TPSA) is 113 Å². The van der Waals surface area contributed by atoms with Gasteiger partial charge in [-0.15, -0.1) is 0 Å². The molecule has 0 bridgehead atoms. The molecule has 0 saturated carbocycles. The van der Waals surface area contributed by atoms with Gasteiger partial charge in [0.15, 0.2) is 0 Å². The van der Waals surface area contributed by atoms with Gasteiger partial charge < -0.3 is 20.7 Å². The van der Waals surface area contributed by atoms with Gasteiger partial charge in [0.2, 0.25) is 5.91 Å². The fraction of sp³-hybridized carbons (Fsp3) is 0.231. The van der Waals surface area contributed by atoms with Gasteiger partial charge in [-0.25, -0.2) is 14.0 Å². The molecular weight excluding hydrogens is 465 g/mol. The van der Waals surface area contributed by atoms with Gasteiger partial charge in [-0.05, 0) is 48.0 Å². The van der Waals surface area contributed by atoms with Crippen molar-refractivity contribution in [3.63, 3.8) is 0 Å². The van der Waals surface area contributed by atoms with Crippen LogP contribution in [0.1, 0.15) is 12.6 Å². The second-order valence-corrected chi connectivity index (χ2v) is 8.25. The zero-order valence-corrected chi connectivity index (χ0v) is 19.7. The van der Waals surface area contributed by atoms with Crippen LogP contribution in [0.25, 0.3) is 11.1 Å². The molecule has 1 aromatic heterocycles. The van der Waals surface area contributed by atoms with E-state index in [-0.39, 0.29) is 25.0 Å². The monoisotopic (exact) mass is 491 g/mol. The van der Waals surface area contributed by atoms with Crippen molar-refractivity contribution in [2.24, 2.45) is 0 Å². The largest absolute Gasteiger partial charge is 0.442 e. The molecule has 0 spiro atoms. The quantitative estimate of drug-likeness (QED) is 0.445. The number of ether oxygens (including phenoxy) is 1. The molecular formula is C26H26FN5O4. The Morgan fingerprint density at radius 2 is 1.92 bits per heavy atom. The third-order valence-corrected chi connectivity index (χ3v) is 5.56. The SMILES string of the molecule is CC(=O)NC[C@H]1CN(c2ccc(-c3ccc(NC(=O)NCCc4ccccn4)cc3)c(F)c2)C(=O)O1. The van der Waals surface area contributed by atoms with Gasteiger partial charge in [0.25, 0.3) is 0 Å². The number of nitrogens with zero attached hydrogens (tertiary/aromatic N) is 2. The number of nitrogens with one attached hydrogen (secondary N) is 3. The van der Waals surface area contributed by atoms with Crippen molar-refractivity contribution in [1.82, 2.24) is 15.6 Å². The fourth-order valence-corrected chi connectivity index (χ4v) is 3.76. The summed E-state index contributed by atoms with van der Waals surface area (Å²) >= 11 is 0. The average molecular weight is 492 g/mol. The lowest BCUT2D eigenvalue weighted by Crippen LogP contribution is -2.33. The molecule has 4 rings (SSSR count). The van der Waals surface area contributed by atoms with E-state index in [9.17, 15) is 18.8 Å². The van der Waals surface area contributed by atoms with Crippen LogP contribution in [0.3, 0.4) is 0 Å². The summed E-state index contributed by atoms with van der Waals surface area (Å²) in [4.78, 5) is 40.9. The minimum atomic E-state index is -0.591. The van der Waals surface area contributed by atoms with E-state index in [0.29, 0.717) is 35.5 Å². The summed E-state index contributed by atoms with van der Waals surface area (Å²) in [6.07, 6.45) is 1.23. The predicted molar refractivity (Wildman–Crippen MR) is 133 cm³/mol. The van der Waals surface area contributed by atoms with E-state index in [1.807, 2.05) is 18.2 Å². The molecule has 10 heteroatoms. The minimum absolute atomic E-state index is 0.195. The highest BCUT2D eigenvalue weighted by Crippen LogP contribution is 2.29. The Bertz CT molecular complexity index is 1240. The lowest BCUT2D eigenvalue weighted by atomic mass is 10.0. The summed E-state index contributed by atoms with van der Waals surface area (Å²) in [6, 6.07) is 16.6. The van der Waals surface area contributed by atoms with Crippen LogP contribution < -0.4 is 20.9 Å². The number of cyclic esters (lactones) is 1. The Morgan fingerprint density at radius 3 is 2.61 bits per heavy atom. The highest BCUT2D eigenvalue weighted by atomic mass is 19.1. The average Bonchev–Trinajstić information content (AvgIpc) is 3.24. The van der Waals surface area contributed by atoms with Crippen molar-refractivity contribution in [2.75, 3.05) is 29.9 Å². The number of carbonyl (C=O) groups excluding carboxylic acids is 3. The number of aromatic nitrogens is 1. The molecule has 1 saturated heterocycles. The van der Waals surface area contributed by atoms with Crippen molar-refractivity contribution in [3.05, 3.63) is 78.4 Å². The zero-order chi connectivity index (χ0) is 25.5. The summed E-state index contributed by atoms with van der Waals surface area (Å²) in [7, 11) is 0. The van der Waals surface area contributed by atoms with Crippen molar-refractivity contribution >= 4 is 29.4 Å². The van der Waals surface area contributed by atoms with Gasteiger partial charge in [-0.1, -0.05) is 18.2 Å². The first-order chi connectivity index (χ1) is 17.4. The summed E-state index contributed by atoms with van der Waals surface area (Å²) in [6.45, 7) is 2.23. The van der Waals surface area contributed by atoms with Crippen LogP contribution in [0, 0.1) is 5.82 Å². The maximum atomic E-state index is 14.9. The Hall–Kier alpha value is -4.47. The van der Waals surface area contributed by atoms with E-state index >= 15 is 0 Å². The first kappa shape index (κ1) is 24.6. The van der Waals surface area contributed by atoms with Gasteiger partial charge in [0.05, 0.1) is 18.8 Å². The first-order valence-electron chi connectivity index (χ1n) is 11.5. The van der Waals surface area contributed by atoms with Gasteiger partial charge in [0.1, 0.15) is 11.9 Å². The number of pyridine rings is 1. The molecule has 2 heterocycles.